The van der Waals surface area contributed by atoms with E-state index in [4.69, 9.17) is 5.73 Å². The largest absolute Gasteiger partial charge is 0.368 e. The zero-order valence-corrected chi connectivity index (χ0v) is 11.5. The topological polar surface area (TPSA) is 75.4 Å². The molecule has 0 aliphatic carbocycles. The van der Waals surface area contributed by atoms with Crippen molar-refractivity contribution in [3.63, 3.8) is 0 Å². The molecule has 1 saturated heterocycles. The number of hydrogen-bond acceptors (Lipinski definition) is 3. The van der Waals surface area contributed by atoms with Crippen LogP contribution in [0.1, 0.15) is 39.5 Å². The van der Waals surface area contributed by atoms with Crippen molar-refractivity contribution in [3.05, 3.63) is 0 Å². The van der Waals surface area contributed by atoms with Crippen LogP contribution in [0.2, 0.25) is 0 Å². The molecule has 18 heavy (non-hydrogen) atoms. The number of piperidine rings is 1. The first-order valence-corrected chi connectivity index (χ1v) is 6.78. The minimum atomic E-state index is -0.438. The van der Waals surface area contributed by atoms with Gasteiger partial charge in [0.25, 0.3) is 0 Å². The molecule has 1 aliphatic heterocycles. The van der Waals surface area contributed by atoms with Gasteiger partial charge in [-0.25, -0.2) is 0 Å². The van der Waals surface area contributed by atoms with Crippen molar-refractivity contribution < 1.29 is 9.59 Å². The molecule has 0 radical (unpaired) electrons. The summed E-state index contributed by atoms with van der Waals surface area (Å²) in [6.45, 7) is 6.35. The lowest BCUT2D eigenvalue weighted by molar-refractivity contribution is -0.144. The van der Waals surface area contributed by atoms with Crippen molar-refractivity contribution in [1.29, 1.82) is 0 Å². The Hall–Kier alpha value is -1.10. The van der Waals surface area contributed by atoms with Crippen LogP contribution in [0.15, 0.2) is 0 Å². The first kappa shape index (κ1) is 15.0. The Morgan fingerprint density at radius 2 is 2.17 bits per heavy atom. The first-order chi connectivity index (χ1) is 8.49. The summed E-state index contributed by atoms with van der Waals surface area (Å²) in [6.07, 6.45) is 3.78. The molecular formula is C13H25N3O2. The van der Waals surface area contributed by atoms with Gasteiger partial charge in [-0.3, -0.25) is 9.59 Å². The van der Waals surface area contributed by atoms with E-state index in [1.807, 2.05) is 6.92 Å². The Bertz CT molecular complexity index is 299. The van der Waals surface area contributed by atoms with E-state index < -0.39 is 5.91 Å². The maximum absolute atomic E-state index is 12.5. The van der Waals surface area contributed by atoms with E-state index >= 15 is 0 Å². The fourth-order valence-electron chi connectivity index (χ4n) is 2.41. The van der Waals surface area contributed by atoms with E-state index in [1.54, 1.807) is 4.90 Å². The van der Waals surface area contributed by atoms with Crippen molar-refractivity contribution in [3.8, 4) is 0 Å². The molecule has 1 atom stereocenters. The third kappa shape index (κ3) is 3.98. The highest BCUT2D eigenvalue weighted by Gasteiger charge is 2.37. The summed E-state index contributed by atoms with van der Waals surface area (Å²) in [5, 5.41) is 3.26. The second kappa shape index (κ2) is 6.73. The number of primary amides is 1. The number of unbranched alkanes of at least 4 members (excludes halogenated alkanes) is 1. The average Bonchev–Trinajstić information content (AvgIpc) is 2.34. The highest BCUT2D eigenvalue weighted by molar-refractivity contribution is 5.87. The number of amides is 2. The van der Waals surface area contributed by atoms with Gasteiger partial charge in [0.05, 0.1) is 12.0 Å². The summed E-state index contributed by atoms with van der Waals surface area (Å²) in [6, 6.07) is 0. The number of nitrogens with one attached hydrogen (secondary N) is 1. The van der Waals surface area contributed by atoms with Crippen LogP contribution in [0.25, 0.3) is 0 Å². The van der Waals surface area contributed by atoms with Crippen LogP contribution >= 0.6 is 0 Å². The Morgan fingerprint density at radius 3 is 2.67 bits per heavy atom. The molecule has 2 amide bonds. The van der Waals surface area contributed by atoms with E-state index in [9.17, 15) is 9.59 Å². The summed E-state index contributed by atoms with van der Waals surface area (Å²) in [4.78, 5) is 25.2. The predicted molar refractivity (Wildman–Crippen MR) is 70.9 cm³/mol. The normalized spacial score (nSPS) is 23.7. The lowest BCUT2D eigenvalue weighted by Gasteiger charge is -2.37. The molecule has 1 fully saturated rings. The Kier molecular flexibility index (Phi) is 5.59. The number of nitrogens with two attached hydrogens (primary N) is 1. The molecule has 0 spiro atoms. The van der Waals surface area contributed by atoms with Crippen LogP contribution in [-0.2, 0) is 9.59 Å². The second-order valence-electron chi connectivity index (χ2n) is 5.39. The molecule has 1 rings (SSSR count). The highest BCUT2D eigenvalue weighted by Crippen LogP contribution is 2.28. The van der Waals surface area contributed by atoms with Gasteiger partial charge in [0.2, 0.25) is 11.8 Å². The van der Waals surface area contributed by atoms with Gasteiger partial charge in [0, 0.05) is 13.1 Å². The number of carbonyl (C=O) groups is 2. The molecule has 0 bridgehead atoms. The Morgan fingerprint density at radius 1 is 1.44 bits per heavy atom. The third-order valence-corrected chi connectivity index (χ3v) is 3.53. The van der Waals surface area contributed by atoms with Crippen molar-refractivity contribution in [2.24, 2.45) is 11.1 Å². The number of rotatable bonds is 6. The maximum atomic E-state index is 12.5. The van der Waals surface area contributed by atoms with Crippen molar-refractivity contribution >= 4 is 11.8 Å². The molecule has 0 aromatic heterocycles. The standard InChI is InChI=1S/C13H25N3O2/c1-3-4-8-16(9-11(14)17)12(18)13(2)6-5-7-15-10-13/h15H,3-10H2,1-2H3,(H2,14,17). The van der Waals surface area contributed by atoms with Crippen molar-refractivity contribution in [2.45, 2.75) is 39.5 Å². The smallest absolute Gasteiger partial charge is 0.237 e. The second-order valence-corrected chi connectivity index (χ2v) is 5.39. The third-order valence-electron chi connectivity index (χ3n) is 3.53. The SMILES string of the molecule is CCCCN(CC(N)=O)C(=O)C1(C)CCCNC1. The minimum Gasteiger partial charge on any atom is -0.368 e. The molecule has 5 nitrogen and oxygen atoms in total. The van der Waals surface area contributed by atoms with Crippen LogP contribution in [0.5, 0.6) is 0 Å². The molecule has 0 aromatic rings. The molecule has 1 aliphatic rings. The quantitative estimate of drug-likeness (QED) is 0.725. The van der Waals surface area contributed by atoms with Gasteiger partial charge in [-0.05, 0) is 32.7 Å². The van der Waals surface area contributed by atoms with E-state index in [-0.39, 0.29) is 17.9 Å². The van der Waals surface area contributed by atoms with Gasteiger partial charge >= 0.3 is 0 Å². The fourth-order valence-corrected chi connectivity index (χ4v) is 2.41. The zero-order chi connectivity index (χ0) is 13.6. The van der Waals surface area contributed by atoms with Gasteiger partial charge in [-0.15, -0.1) is 0 Å². The molecule has 104 valence electrons. The molecule has 3 N–H and O–H groups in total. The van der Waals surface area contributed by atoms with Gasteiger partial charge < -0.3 is 16.0 Å². The maximum Gasteiger partial charge on any atom is 0.237 e. The van der Waals surface area contributed by atoms with Crippen LogP contribution in [-0.4, -0.2) is 42.9 Å². The van der Waals surface area contributed by atoms with Crippen LogP contribution in [0.4, 0.5) is 0 Å². The monoisotopic (exact) mass is 255 g/mol. The van der Waals surface area contributed by atoms with Gasteiger partial charge in [-0.1, -0.05) is 13.3 Å². The van der Waals surface area contributed by atoms with E-state index in [0.717, 1.165) is 32.2 Å². The summed E-state index contributed by atoms with van der Waals surface area (Å²) in [5.41, 5.74) is 4.84. The van der Waals surface area contributed by atoms with Crippen LogP contribution in [0, 0.1) is 5.41 Å². The molecule has 1 unspecified atom stereocenters. The Balaban J connectivity index is 2.69. The predicted octanol–water partition coefficient (Wildman–Crippen LogP) is 0.490. The molecule has 0 saturated carbocycles. The van der Waals surface area contributed by atoms with Gasteiger partial charge in [0.1, 0.15) is 0 Å². The van der Waals surface area contributed by atoms with Crippen molar-refractivity contribution in [2.75, 3.05) is 26.2 Å². The number of hydrogen-bond donors (Lipinski definition) is 2. The van der Waals surface area contributed by atoms with E-state index in [0.29, 0.717) is 13.1 Å². The molecular weight excluding hydrogens is 230 g/mol. The number of nitrogens with zero attached hydrogens (tertiary/aromatic N) is 1. The summed E-state index contributed by atoms with van der Waals surface area (Å²) >= 11 is 0. The van der Waals surface area contributed by atoms with E-state index in [1.165, 1.54) is 0 Å². The first-order valence-electron chi connectivity index (χ1n) is 6.78. The average molecular weight is 255 g/mol. The van der Waals surface area contributed by atoms with Crippen molar-refractivity contribution in [1.82, 2.24) is 10.2 Å². The summed E-state index contributed by atoms with van der Waals surface area (Å²) in [7, 11) is 0. The summed E-state index contributed by atoms with van der Waals surface area (Å²) in [5.74, 6) is -0.381. The summed E-state index contributed by atoms with van der Waals surface area (Å²) < 4.78 is 0. The fraction of sp³-hybridized carbons (Fsp3) is 0.846. The van der Waals surface area contributed by atoms with Gasteiger partial charge in [-0.2, -0.15) is 0 Å². The molecule has 0 aromatic carbocycles. The minimum absolute atomic E-state index is 0.0361. The Labute approximate surface area is 109 Å². The van der Waals surface area contributed by atoms with Gasteiger partial charge in [0.15, 0.2) is 0 Å². The lowest BCUT2D eigenvalue weighted by atomic mass is 9.81. The zero-order valence-electron chi connectivity index (χ0n) is 11.5. The van der Waals surface area contributed by atoms with Crippen LogP contribution < -0.4 is 11.1 Å². The molecule has 1 heterocycles. The van der Waals surface area contributed by atoms with Crippen LogP contribution in [0.3, 0.4) is 0 Å². The highest BCUT2D eigenvalue weighted by atomic mass is 16.2. The number of carbonyl (C=O) groups excluding carboxylic acids is 2. The lowest BCUT2D eigenvalue weighted by Crippen LogP contribution is -2.52. The molecule has 5 heteroatoms. The van der Waals surface area contributed by atoms with E-state index in [2.05, 4.69) is 12.2 Å².